The van der Waals surface area contributed by atoms with Gasteiger partial charge < -0.3 is 9.64 Å². The molecule has 2 aliphatic rings. The highest BCUT2D eigenvalue weighted by Gasteiger charge is 2.38. The van der Waals surface area contributed by atoms with E-state index in [9.17, 15) is 13.6 Å². The summed E-state index contributed by atoms with van der Waals surface area (Å²) in [4.78, 5) is 14.3. The van der Waals surface area contributed by atoms with Crippen molar-refractivity contribution in [2.45, 2.75) is 32.1 Å². The smallest absolute Gasteiger partial charge is 0.227 e. The largest absolute Gasteiger partial charge is 0.381 e. The van der Waals surface area contributed by atoms with Gasteiger partial charge in [0.25, 0.3) is 0 Å². The van der Waals surface area contributed by atoms with E-state index in [2.05, 4.69) is 0 Å². The number of amides is 1. The van der Waals surface area contributed by atoms with Crippen LogP contribution in [0.4, 0.5) is 8.78 Å². The molecule has 0 radical (unpaired) electrons. The zero-order valence-corrected chi connectivity index (χ0v) is 12.6. The number of hydrogen-bond donors (Lipinski definition) is 0. The highest BCUT2D eigenvalue weighted by atomic mass is 19.1. The average Bonchev–Trinajstić information content (AvgIpc) is 2.52. The molecule has 0 unspecified atom stereocenters. The van der Waals surface area contributed by atoms with Gasteiger partial charge in [0, 0.05) is 31.9 Å². The fraction of sp³-hybridized carbons (Fsp3) is 0.588. The molecular weight excluding hydrogens is 288 g/mol. The first-order valence-corrected chi connectivity index (χ1v) is 7.87. The number of carbonyl (C=O) groups is 1. The Bertz CT molecular complexity index is 550. The topological polar surface area (TPSA) is 29.5 Å². The molecule has 1 aromatic carbocycles. The van der Waals surface area contributed by atoms with Gasteiger partial charge in [-0.15, -0.1) is 0 Å². The zero-order chi connectivity index (χ0) is 15.6. The summed E-state index contributed by atoms with van der Waals surface area (Å²) >= 11 is 0. The number of rotatable bonds is 2. The third-order valence-corrected chi connectivity index (χ3v) is 4.92. The molecule has 0 atom stereocenters. The van der Waals surface area contributed by atoms with Crippen LogP contribution in [0.15, 0.2) is 18.2 Å². The monoisotopic (exact) mass is 309 g/mol. The van der Waals surface area contributed by atoms with E-state index in [-0.39, 0.29) is 23.3 Å². The molecule has 2 fully saturated rings. The number of nitrogens with zero attached hydrogens (tertiary/aromatic N) is 1. The minimum absolute atomic E-state index is 0.0732. The molecule has 22 heavy (non-hydrogen) atoms. The molecule has 1 aromatic rings. The van der Waals surface area contributed by atoms with Crippen LogP contribution in [0.2, 0.25) is 0 Å². The molecule has 0 saturated carbocycles. The lowest BCUT2D eigenvalue weighted by atomic mass is 9.74. The van der Waals surface area contributed by atoms with E-state index in [4.69, 9.17) is 4.74 Å². The third kappa shape index (κ3) is 3.29. The van der Waals surface area contributed by atoms with Crippen LogP contribution in [0.25, 0.3) is 0 Å². The lowest BCUT2D eigenvalue weighted by Gasteiger charge is -2.45. The van der Waals surface area contributed by atoms with Crippen LogP contribution in [-0.2, 0) is 16.0 Å². The van der Waals surface area contributed by atoms with Gasteiger partial charge in [-0.25, -0.2) is 8.78 Å². The minimum atomic E-state index is -0.521. The fourth-order valence-corrected chi connectivity index (χ4v) is 3.59. The fourth-order valence-electron chi connectivity index (χ4n) is 3.59. The first kappa shape index (κ1) is 15.4. The van der Waals surface area contributed by atoms with Gasteiger partial charge >= 0.3 is 0 Å². The molecule has 3 rings (SSSR count). The number of ether oxygens (including phenoxy) is 1. The Hall–Kier alpha value is -1.49. The number of halogens is 2. The second kappa shape index (κ2) is 6.32. The Kier molecular flexibility index (Phi) is 4.43. The number of benzene rings is 1. The lowest BCUT2D eigenvalue weighted by molar-refractivity contribution is -0.136. The van der Waals surface area contributed by atoms with Crippen LogP contribution >= 0.6 is 0 Å². The van der Waals surface area contributed by atoms with Gasteiger partial charge in [-0.3, -0.25) is 4.79 Å². The molecule has 2 saturated heterocycles. The Morgan fingerprint density at radius 1 is 1.23 bits per heavy atom. The molecule has 3 nitrogen and oxygen atoms in total. The van der Waals surface area contributed by atoms with E-state index in [0.717, 1.165) is 57.1 Å². The zero-order valence-electron chi connectivity index (χ0n) is 12.6. The Morgan fingerprint density at radius 2 is 2.00 bits per heavy atom. The van der Waals surface area contributed by atoms with Gasteiger partial charge in [-0.1, -0.05) is 0 Å². The molecule has 0 N–H and O–H groups in total. The predicted octanol–water partition coefficient (Wildman–Crippen LogP) is 2.93. The van der Waals surface area contributed by atoms with E-state index < -0.39 is 11.6 Å². The van der Waals surface area contributed by atoms with Gasteiger partial charge in [0.1, 0.15) is 11.6 Å². The molecule has 1 amide bonds. The van der Waals surface area contributed by atoms with Gasteiger partial charge in [-0.05, 0) is 49.3 Å². The van der Waals surface area contributed by atoms with Crippen molar-refractivity contribution in [3.05, 3.63) is 35.4 Å². The van der Waals surface area contributed by atoms with E-state index >= 15 is 0 Å². The highest BCUT2D eigenvalue weighted by molar-refractivity contribution is 5.79. The lowest BCUT2D eigenvalue weighted by Crippen LogP contribution is -2.48. The maximum Gasteiger partial charge on any atom is 0.227 e. The van der Waals surface area contributed by atoms with Gasteiger partial charge in [-0.2, -0.15) is 0 Å². The third-order valence-electron chi connectivity index (χ3n) is 4.92. The number of carbonyl (C=O) groups excluding carboxylic acids is 1. The minimum Gasteiger partial charge on any atom is -0.381 e. The summed E-state index contributed by atoms with van der Waals surface area (Å²) in [6, 6.07) is 3.26. The van der Waals surface area contributed by atoms with Crippen molar-refractivity contribution in [1.82, 2.24) is 4.90 Å². The van der Waals surface area contributed by atoms with E-state index in [1.807, 2.05) is 4.90 Å². The van der Waals surface area contributed by atoms with Crippen LogP contribution in [0, 0.1) is 17.0 Å². The van der Waals surface area contributed by atoms with Crippen molar-refractivity contribution >= 4 is 5.91 Å². The summed E-state index contributed by atoms with van der Waals surface area (Å²) in [5, 5.41) is 0. The molecule has 0 aromatic heterocycles. The summed E-state index contributed by atoms with van der Waals surface area (Å²) < 4.78 is 32.3. The average molecular weight is 309 g/mol. The maximum atomic E-state index is 13.7. The summed E-state index contributed by atoms with van der Waals surface area (Å²) in [7, 11) is 0. The van der Waals surface area contributed by atoms with E-state index in [1.54, 1.807) is 0 Å². The maximum absolute atomic E-state index is 13.7. The normalized spacial score (nSPS) is 21.1. The summed E-state index contributed by atoms with van der Waals surface area (Å²) in [5.74, 6) is -1.15. The first-order chi connectivity index (χ1) is 10.6. The van der Waals surface area contributed by atoms with Crippen molar-refractivity contribution in [3.8, 4) is 0 Å². The Labute approximate surface area is 129 Å². The Morgan fingerprint density at radius 3 is 2.77 bits per heavy atom. The van der Waals surface area contributed by atoms with Crippen LogP contribution in [-0.4, -0.2) is 37.1 Å². The van der Waals surface area contributed by atoms with Crippen LogP contribution in [0.3, 0.4) is 0 Å². The number of hydrogen-bond acceptors (Lipinski definition) is 2. The molecular formula is C17H21F2NO2. The second-order valence-corrected chi connectivity index (χ2v) is 6.44. The summed E-state index contributed by atoms with van der Waals surface area (Å²) in [6.07, 6.45) is 3.97. The molecule has 2 aliphatic heterocycles. The van der Waals surface area contributed by atoms with E-state index in [1.165, 1.54) is 0 Å². The molecule has 5 heteroatoms. The van der Waals surface area contributed by atoms with Crippen molar-refractivity contribution in [3.63, 3.8) is 0 Å². The molecule has 120 valence electrons. The van der Waals surface area contributed by atoms with E-state index in [0.29, 0.717) is 13.1 Å². The number of piperidine rings is 1. The summed E-state index contributed by atoms with van der Waals surface area (Å²) in [5.41, 5.74) is 0.295. The molecule has 1 spiro atoms. The standard InChI is InChI=1S/C17H21F2NO2/c18-14-2-3-15(19)13(10-14)11-16(21)20-7-1-4-17(12-20)5-8-22-9-6-17/h2-3,10H,1,4-9,11-12H2. The summed E-state index contributed by atoms with van der Waals surface area (Å²) in [6.45, 7) is 2.92. The Balaban J connectivity index is 1.68. The van der Waals surface area contributed by atoms with Crippen molar-refractivity contribution in [2.24, 2.45) is 5.41 Å². The first-order valence-electron chi connectivity index (χ1n) is 7.87. The van der Waals surface area contributed by atoms with Crippen molar-refractivity contribution < 1.29 is 18.3 Å². The SMILES string of the molecule is O=C(Cc1cc(F)ccc1F)N1CCCC2(CCOCC2)C1. The van der Waals surface area contributed by atoms with Crippen molar-refractivity contribution in [2.75, 3.05) is 26.3 Å². The van der Waals surface area contributed by atoms with Crippen LogP contribution in [0.1, 0.15) is 31.2 Å². The second-order valence-electron chi connectivity index (χ2n) is 6.44. The predicted molar refractivity (Wildman–Crippen MR) is 78.4 cm³/mol. The quantitative estimate of drug-likeness (QED) is 0.840. The van der Waals surface area contributed by atoms with Gasteiger partial charge in [0.05, 0.1) is 6.42 Å². The van der Waals surface area contributed by atoms with Crippen molar-refractivity contribution in [1.29, 1.82) is 0 Å². The van der Waals surface area contributed by atoms with Gasteiger partial charge in [0.15, 0.2) is 0 Å². The molecule has 0 aliphatic carbocycles. The van der Waals surface area contributed by atoms with Gasteiger partial charge in [0.2, 0.25) is 5.91 Å². The highest BCUT2D eigenvalue weighted by Crippen LogP contribution is 2.39. The number of likely N-dealkylation sites (tertiary alicyclic amines) is 1. The molecule has 2 heterocycles. The van der Waals surface area contributed by atoms with Crippen LogP contribution < -0.4 is 0 Å². The van der Waals surface area contributed by atoms with Crippen LogP contribution in [0.5, 0.6) is 0 Å². The molecule has 0 bridgehead atoms.